The highest BCUT2D eigenvalue weighted by Gasteiger charge is 2.03. The lowest BCUT2D eigenvalue weighted by Crippen LogP contribution is -1.99. The fraction of sp³-hybridized carbons (Fsp3) is 0.0667. The van der Waals surface area contributed by atoms with Gasteiger partial charge in [0.2, 0.25) is 0 Å². The molecule has 0 aliphatic carbocycles. The Labute approximate surface area is 138 Å². The highest BCUT2D eigenvalue weighted by molar-refractivity contribution is 14.1. The molecule has 0 aromatic heterocycles. The van der Waals surface area contributed by atoms with Crippen LogP contribution in [-0.4, -0.2) is 4.55 Å². The van der Waals surface area contributed by atoms with E-state index in [1.54, 1.807) is 5.41 Å². The van der Waals surface area contributed by atoms with Crippen LogP contribution >= 0.6 is 38.5 Å². The Morgan fingerprint density at radius 3 is 2.32 bits per heavy atom. The van der Waals surface area contributed by atoms with Crippen molar-refractivity contribution >= 4 is 55.8 Å². The van der Waals surface area contributed by atoms with E-state index in [0.29, 0.717) is 5.75 Å². The molecule has 0 bridgehead atoms. The summed E-state index contributed by atoms with van der Waals surface area (Å²) in [6.45, 7) is 0. The smallest absolute Gasteiger partial charge is 0.135 e. The zero-order valence-electron chi connectivity index (χ0n) is 10.1. The normalized spacial score (nSPS) is 12.8. The van der Waals surface area contributed by atoms with Gasteiger partial charge in [-0.3, -0.25) is 0 Å². The van der Waals surface area contributed by atoms with Gasteiger partial charge in [0.25, 0.3) is 0 Å². The summed E-state index contributed by atoms with van der Waals surface area (Å²) in [7, 11) is 0. The Hall–Kier alpha value is -0.300. The molecular weight excluding hydrogens is 435 g/mol. The molecule has 1 unspecified atom stereocenters. The molecule has 0 aliphatic rings. The molecule has 2 aromatic rings. The predicted octanol–water partition coefficient (Wildman–Crippen LogP) is 4.97. The first-order valence-corrected chi connectivity index (χ1v) is 8.94. The number of rotatable bonds is 4. The Bertz CT molecular complexity index is 551. The minimum atomic E-state index is -0.981. The van der Waals surface area contributed by atoms with Crippen LogP contribution < -0.4 is 0 Å². The van der Waals surface area contributed by atoms with E-state index in [1.165, 1.54) is 3.57 Å². The van der Waals surface area contributed by atoms with Gasteiger partial charge in [-0.25, -0.2) is 0 Å². The molecule has 4 heteroatoms. The molecule has 2 rings (SSSR count). The number of benzene rings is 2. The van der Waals surface area contributed by atoms with Crippen molar-refractivity contribution in [3.8, 4) is 0 Å². The summed E-state index contributed by atoms with van der Waals surface area (Å²) in [4.78, 5) is 0. The molecule has 0 heterocycles. The predicted molar refractivity (Wildman–Crippen MR) is 94.2 cm³/mol. The third-order valence-electron chi connectivity index (χ3n) is 2.50. The summed E-state index contributed by atoms with van der Waals surface area (Å²) in [6, 6.07) is 16.0. The minimum Gasteiger partial charge on any atom is -0.612 e. The molecule has 0 N–H and O–H groups in total. The largest absolute Gasteiger partial charge is 0.612 e. The fourth-order valence-electron chi connectivity index (χ4n) is 1.52. The first kappa shape index (κ1) is 15.1. The van der Waals surface area contributed by atoms with Crippen LogP contribution in [0, 0.1) is 3.57 Å². The fourth-order valence-corrected chi connectivity index (χ4v) is 3.07. The summed E-state index contributed by atoms with van der Waals surface area (Å²) >= 11 is 4.68. The van der Waals surface area contributed by atoms with Gasteiger partial charge >= 0.3 is 0 Å². The van der Waals surface area contributed by atoms with Gasteiger partial charge in [0, 0.05) is 13.6 Å². The number of hydrogen-bond donors (Lipinski definition) is 0. The van der Waals surface area contributed by atoms with Crippen molar-refractivity contribution in [3.05, 3.63) is 73.1 Å². The quantitative estimate of drug-likeness (QED) is 0.480. The summed E-state index contributed by atoms with van der Waals surface area (Å²) in [5.74, 6) is 0.550. The van der Waals surface area contributed by atoms with Crippen LogP contribution in [0.2, 0.25) is 0 Å². The minimum absolute atomic E-state index is 0.550. The zero-order chi connectivity index (χ0) is 13.7. The van der Waals surface area contributed by atoms with E-state index in [0.717, 1.165) is 15.6 Å². The van der Waals surface area contributed by atoms with Crippen LogP contribution in [0.4, 0.5) is 0 Å². The van der Waals surface area contributed by atoms with E-state index >= 15 is 0 Å². The number of hydrogen-bond acceptors (Lipinski definition) is 1. The van der Waals surface area contributed by atoms with Crippen molar-refractivity contribution in [1.29, 1.82) is 0 Å². The Morgan fingerprint density at radius 2 is 1.68 bits per heavy atom. The molecule has 1 atom stereocenters. The van der Waals surface area contributed by atoms with E-state index in [1.807, 2.05) is 54.6 Å². The molecule has 0 saturated carbocycles. The van der Waals surface area contributed by atoms with Crippen molar-refractivity contribution < 1.29 is 4.55 Å². The molecule has 2 aromatic carbocycles. The standard InChI is InChI=1S/C15H12BrIOS/c16-14-5-1-13(2-6-14)11-19(18)10-9-12-3-7-15(17)8-4-12/h1-10H,11H2/b10-9+. The van der Waals surface area contributed by atoms with Crippen LogP contribution in [0.15, 0.2) is 58.4 Å². The monoisotopic (exact) mass is 446 g/mol. The maximum atomic E-state index is 11.9. The molecule has 1 nitrogen and oxygen atoms in total. The molecule has 0 saturated heterocycles. The lowest BCUT2D eigenvalue weighted by molar-refractivity contribution is 0.603. The second-order valence-electron chi connectivity index (χ2n) is 4.01. The van der Waals surface area contributed by atoms with Crippen molar-refractivity contribution in [2.75, 3.05) is 0 Å². The first-order chi connectivity index (χ1) is 9.13. The Kier molecular flexibility index (Phi) is 5.94. The summed E-state index contributed by atoms with van der Waals surface area (Å²) in [5.41, 5.74) is 2.15. The van der Waals surface area contributed by atoms with Crippen molar-refractivity contribution in [3.63, 3.8) is 0 Å². The van der Waals surface area contributed by atoms with E-state index in [-0.39, 0.29) is 0 Å². The van der Waals surface area contributed by atoms with E-state index in [2.05, 4.69) is 38.5 Å². The highest BCUT2D eigenvalue weighted by Crippen LogP contribution is 2.15. The van der Waals surface area contributed by atoms with Gasteiger partial charge in [0.05, 0.1) is 0 Å². The van der Waals surface area contributed by atoms with Gasteiger partial charge in [-0.05, 0) is 69.7 Å². The molecule has 0 amide bonds. The Morgan fingerprint density at radius 1 is 1.05 bits per heavy atom. The summed E-state index contributed by atoms with van der Waals surface area (Å²) in [6.07, 6.45) is 1.91. The van der Waals surface area contributed by atoms with Crippen LogP contribution in [0.5, 0.6) is 0 Å². The molecule has 19 heavy (non-hydrogen) atoms. The van der Waals surface area contributed by atoms with E-state index in [9.17, 15) is 4.55 Å². The maximum absolute atomic E-state index is 11.9. The summed E-state index contributed by atoms with van der Waals surface area (Å²) in [5, 5.41) is 1.75. The summed E-state index contributed by atoms with van der Waals surface area (Å²) < 4.78 is 14.2. The number of halogens is 2. The highest BCUT2D eigenvalue weighted by atomic mass is 127. The van der Waals surface area contributed by atoms with Gasteiger partial charge in [-0.2, -0.15) is 0 Å². The maximum Gasteiger partial charge on any atom is 0.135 e. The topological polar surface area (TPSA) is 23.1 Å². The molecule has 0 spiro atoms. The average molecular weight is 447 g/mol. The van der Waals surface area contributed by atoms with Gasteiger partial charge in [0.1, 0.15) is 11.2 Å². The van der Waals surface area contributed by atoms with Gasteiger partial charge in [-0.15, -0.1) is 0 Å². The Balaban J connectivity index is 1.95. The van der Waals surface area contributed by atoms with E-state index in [4.69, 9.17) is 0 Å². The second kappa shape index (κ2) is 7.47. The SMILES string of the molecule is [O-][S+](/C=C/c1ccc(I)cc1)Cc1ccc(Br)cc1. The van der Waals surface area contributed by atoms with E-state index < -0.39 is 11.2 Å². The lowest BCUT2D eigenvalue weighted by atomic mass is 10.2. The van der Waals surface area contributed by atoms with Crippen molar-refractivity contribution in [2.24, 2.45) is 0 Å². The third kappa shape index (κ3) is 5.30. The van der Waals surface area contributed by atoms with Gasteiger partial charge in [0.15, 0.2) is 0 Å². The van der Waals surface area contributed by atoms with Crippen molar-refractivity contribution in [1.82, 2.24) is 0 Å². The zero-order valence-corrected chi connectivity index (χ0v) is 14.6. The molecule has 0 fully saturated rings. The first-order valence-electron chi connectivity index (χ1n) is 5.69. The van der Waals surface area contributed by atoms with Crippen LogP contribution in [0.1, 0.15) is 11.1 Å². The molecule has 0 aliphatic heterocycles. The van der Waals surface area contributed by atoms with Crippen LogP contribution in [0.25, 0.3) is 6.08 Å². The molecule has 0 radical (unpaired) electrons. The van der Waals surface area contributed by atoms with Gasteiger partial charge in [-0.1, -0.05) is 40.2 Å². The van der Waals surface area contributed by atoms with Gasteiger partial charge < -0.3 is 4.55 Å². The lowest BCUT2D eigenvalue weighted by Gasteiger charge is -2.05. The van der Waals surface area contributed by atoms with Crippen molar-refractivity contribution in [2.45, 2.75) is 5.75 Å². The molecular formula is C15H12BrIOS. The second-order valence-corrected chi connectivity index (χ2v) is 7.49. The third-order valence-corrected chi connectivity index (χ3v) is 4.81. The molecule has 98 valence electrons. The van der Waals surface area contributed by atoms with Crippen LogP contribution in [0.3, 0.4) is 0 Å². The van der Waals surface area contributed by atoms with Crippen LogP contribution in [-0.2, 0) is 16.9 Å². The average Bonchev–Trinajstić information content (AvgIpc) is 2.41.